The van der Waals surface area contributed by atoms with Crippen LogP contribution in [0, 0.1) is 5.41 Å². The molecule has 0 aromatic carbocycles. The predicted octanol–water partition coefficient (Wildman–Crippen LogP) is 2.10. The van der Waals surface area contributed by atoms with E-state index in [9.17, 15) is 4.79 Å². The van der Waals surface area contributed by atoms with Crippen LogP contribution < -0.4 is 11.1 Å². The summed E-state index contributed by atoms with van der Waals surface area (Å²) in [6.45, 7) is 7.54. The van der Waals surface area contributed by atoms with Crippen LogP contribution in [0.15, 0.2) is 18.3 Å². The first-order valence-electron chi connectivity index (χ1n) is 6.41. The molecule has 0 atom stereocenters. The largest absolute Gasteiger partial charge is 0.350 e. The van der Waals surface area contributed by atoms with Gasteiger partial charge in [0.2, 0.25) is 0 Å². The Morgan fingerprint density at radius 3 is 2.83 bits per heavy atom. The van der Waals surface area contributed by atoms with E-state index in [-0.39, 0.29) is 11.3 Å². The Balaban J connectivity index is 2.60. The molecule has 0 aliphatic heterocycles. The average Bonchev–Trinajstić information content (AvgIpc) is 2.36. The number of hydrogen-bond acceptors (Lipinski definition) is 3. The maximum Gasteiger partial charge on any atom is 0.269 e. The number of carbonyl (C=O) groups is 1. The van der Waals surface area contributed by atoms with Gasteiger partial charge in [-0.3, -0.25) is 9.78 Å². The summed E-state index contributed by atoms with van der Waals surface area (Å²) in [7, 11) is 0. The smallest absolute Gasteiger partial charge is 0.269 e. The highest BCUT2D eigenvalue weighted by atomic mass is 16.1. The number of nitrogens with one attached hydrogen (secondary N) is 1. The van der Waals surface area contributed by atoms with Crippen LogP contribution in [-0.2, 0) is 6.54 Å². The molecule has 3 N–H and O–H groups in total. The molecule has 0 aliphatic rings. The molecule has 0 saturated carbocycles. The van der Waals surface area contributed by atoms with E-state index in [1.165, 1.54) is 0 Å². The van der Waals surface area contributed by atoms with Crippen LogP contribution in [0.4, 0.5) is 0 Å². The van der Waals surface area contributed by atoms with E-state index < -0.39 is 0 Å². The number of nitrogens with zero attached hydrogens (tertiary/aromatic N) is 1. The van der Waals surface area contributed by atoms with E-state index in [4.69, 9.17) is 5.73 Å². The number of amides is 1. The lowest BCUT2D eigenvalue weighted by atomic mass is 9.88. The Morgan fingerprint density at radius 1 is 1.50 bits per heavy atom. The van der Waals surface area contributed by atoms with Crippen LogP contribution in [-0.4, -0.2) is 17.4 Å². The molecule has 0 fully saturated rings. The molecule has 0 aliphatic carbocycles. The lowest BCUT2D eigenvalue weighted by Gasteiger charge is -2.24. The van der Waals surface area contributed by atoms with Crippen molar-refractivity contribution in [1.82, 2.24) is 10.3 Å². The van der Waals surface area contributed by atoms with Gasteiger partial charge in [0.25, 0.3) is 5.91 Å². The molecule has 1 amide bonds. The zero-order valence-electron chi connectivity index (χ0n) is 11.5. The maximum absolute atomic E-state index is 11.9. The lowest BCUT2D eigenvalue weighted by Crippen LogP contribution is -2.34. The molecule has 1 heterocycles. The highest BCUT2D eigenvalue weighted by Gasteiger charge is 2.18. The second-order valence-electron chi connectivity index (χ2n) is 5.35. The Bertz CT molecular complexity index is 402. The minimum absolute atomic E-state index is 0.121. The van der Waals surface area contributed by atoms with E-state index in [1.807, 2.05) is 6.07 Å². The van der Waals surface area contributed by atoms with Crippen molar-refractivity contribution in [2.45, 2.75) is 40.2 Å². The number of pyridine rings is 1. The van der Waals surface area contributed by atoms with Gasteiger partial charge in [-0.1, -0.05) is 27.2 Å². The van der Waals surface area contributed by atoms with Gasteiger partial charge < -0.3 is 11.1 Å². The quantitative estimate of drug-likeness (QED) is 0.811. The fraction of sp³-hybridized carbons (Fsp3) is 0.571. The lowest BCUT2D eigenvalue weighted by molar-refractivity contribution is 0.0929. The first-order chi connectivity index (χ1) is 8.48. The van der Waals surface area contributed by atoms with Gasteiger partial charge in [0, 0.05) is 19.3 Å². The third-order valence-electron chi connectivity index (χ3n) is 2.95. The second kappa shape index (κ2) is 6.50. The van der Waals surface area contributed by atoms with Crippen LogP contribution in [0.5, 0.6) is 0 Å². The fourth-order valence-corrected chi connectivity index (χ4v) is 1.90. The topological polar surface area (TPSA) is 68.0 Å². The number of carbonyl (C=O) groups excluding carboxylic acids is 1. The monoisotopic (exact) mass is 249 g/mol. The van der Waals surface area contributed by atoms with Gasteiger partial charge >= 0.3 is 0 Å². The van der Waals surface area contributed by atoms with Gasteiger partial charge in [-0.05, 0) is 29.5 Å². The summed E-state index contributed by atoms with van der Waals surface area (Å²) in [5.74, 6) is -0.130. The molecule has 4 nitrogen and oxygen atoms in total. The van der Waals surface area contributed by atoms with Gasteiger partial charge in [-0.15, -0.1) is 0 Å². The van der Waals surface area contributed by atoms with Crippen molar-refractivity contribution in [2.75, 3.05) is 6.54 Å². The Kier molecular flexibility index (Phi) is 5.28. The van der Waals surface area contributed by atoms with Crippen LogP contribution in [0.25, 0.3) is 0 Å². The van der Waals surface area contributed by atoms with Gasteiger partial charge in [0.1, 0.15) is 5.69 Å². The van der Waals surface area contributed by atoms with E-state index in [0.29, 0.717) is 18.8 Å². The van der Waals surface area contributed by atoms with Crippen molar-refractivity contribution in [3.05, 3.63) is 29.6 Å². The van der Waals surface area contributed by atoms with Crippen molar-refractivity contribution < 1.29 is 4.79 Å². The average molecular weight is 249 g/mol. The van der Waals surface area contributed by atoms with E-state index in [2.05, 4.69) is 31.1 Å². The summed E-state index contributed by atoms with van der Waals surface area (Å²) in [6, 6.07) is 3.56. The number of rotatable bonds is 6. The minimum atomic E-state index is -0.130. The normalized spacial score (nSPS) is 11.3. The van der Waals surface area contributed by atoms with Gasteiger partial charge in [0.05, 0.1) is 0 Å². The molecule has 0 bridgehead atoms. The SMILES string of the molecule is CCCC(C)(C)CNC(=O)c1cc(CN)ccn1. The second-order valence-corrected chi connectivity index (χ2v) is 5.35. The molecule has 18 heavy (non-hydrogen) atoms. The minimum Gasteiger partial charge on any atom is -0.350 e. The fourth-order valence-electron chi connectivity index (χ4n) is 1.90. The van der Waals surface area contributed by atoms with E-state index in [0.717, 1.165) is 18.4 Å². The zero-order valence-corrected chi connectivity index (χ0v) is 11.5. The molecule has 0 spiro atoms. The summed E-state index contributed by atoms with van der Waals surface area (Å²) < 4.78 is 0. The summed E-state index contributed by atoms with van der Waals surface area (Å²) in [5.41, 5.74) is 7.02. The maximum atomic E-state index is 11.9. The Labute approximate surface area is 109 Å². The van der Waals surface area contributed by atoms with Crippen molar-refractivity contribution >= 4 is 5.91 Å². The standard InChI is InChI=1S/C14H23N3O/c1-4-6-14(2,3)10-17-13(18)12-8-11(9-15)5-7-16-12/h5,7-8H,4,6,9-10,15H2,1-3H3,(H,17,18). The first-order valence-corrected chi connectivity index (χ1v) is 6.41. The van der Waals surface area contributed by atoms with Crippen molar-refractivity contribution in [2.24, 2.45) is 11.1 Å². The molecule has 1 aromatic heterocycles. The highest BCUT2D eigenvalue weighted by Crippen LogP contribution is 2.20. The molecule has 0 unspecified atom stereocenters. The number of aromatic nitrogens is 1. The molecule has 0 saturated heterocycles. The molecule has 4 heteroatoms. The van der Waals surface area contributed by atoms with Crippen molar-refractivity contribution in [3.8, 4) is 0 Å². The summed E-state index contributed by atoms with van der Waals surface area (Å²) in [6.07, 6.45) is 3.82. The molecule has 100 valence electrons. The van der Waals surface area contributed by atoms with Crippen LogP contribution in [0.1, 0.15) is 49.7 Å². The third kappa shape index (κ3) is 4.45. The summed E-state index contributed by atoms with van der Waals surface area (Å²) in [4.78, 5) is 16.0. The number of nitrogens with two attached hydrogens (primary N) is 1. The Hall–Kier alpha value is -1.42. The Morgan fingerprint density at radius 2 is 2.22 bits per heavy atom. The molecular formula is C14H23N3O. The van der Waals surface area contributed by atoms with Crippen LogP contribution >= 0.6 is 0 Å². The van der Waals surface area contributed by atoms with E-state index >= 15 is 0 Å². The summed E-state index contributed by atoms with van der Waals surface area (Å²) >= 11 is 0. The summed E-state index contributed by atoms with van der Waals surface area (Å²) in [5, 5.41) is 2.93. The van der Waals surface area contributed by atoms with Gasteiger partial charge in [-0.2, -0.15) is 0 Å². The van der Waals surface area contributed by atoms with Crippen molar-refractivity contribution in [1.29, 1.82) is 0 Å². The molecule has 0 radical (unpaired) electrons. The molecular weight excluding hydrogens is 226 g/mol. The molecule has 1 aromatic rings. The third-order valence-corrected chi connectivity index (χ3v) is 2.95. The zero-order chi connectivity index (χ0) is 13.6. The highest BCUT2D eigenvalue weighted by molar-refractivity contribution is 5.92. The van der Waals surface area contributed by atoms with Crippen LogP contribution in [0.2, 0.25) is 0 Å². The van der Waals surface area contributed by atoms with Gasteiger partial charge in [-0.25, -0.2) is 0 Å². The van der Waals surface area contributed by atoms with Crippen molar-refractivity contribution in [3.63, 3.8) is 0 Å². The number of hydrogen-bond donors (Lipinski definition) is 2. The predicted molar refractivity (Wildman–Crippen MR) is 73.2 cm³/mol. The molecule has 1 rings (SSSR count). The van der Waals surface area contributed by atoms with E-state index in [1.54, 1.807) is 12.3 Å². The first kappa shape index (κ1) is 14.6. The van der Waals surface area contributed by atoms with Crippen LogP contribution in [0.3, 0.4) is 0 Å². The van der Waals surface area contributed by atoms with Gasteiger partial charge in [0.15, 0.2) is 0 Å².